The molecule has 0 aromatic heterocycles. The first-order valence-electron chi connectivity index (χ1n) is 4.62. The summed E-state index contributed by atoms with van der Waals surface area (Å²) in [5.74, 6) is 0. The second-order valence-electron chi connectivity index (χ2n) is 4.54. The van der Waals surface area contributed by atoms with Crippen molar-refractivity contribution < 1.29 is 0 Å². The van der Waals surface area contributed by atoms with Crippen LogP contribution in [0.3, 0.4) is 0 Å². The van der Waals surface area contributed by atoms with Crippen LogP contribution in [-0.2, 0) is 0 Å². The van der Waals surface area contributed by atoms with Crippen molar-refractivity contribution in [3.63, 3.8) is 0 Å². The van der Waals surface area contributed by atoms with Gasteiger partial charge in [-0.1, -0.05) is 20.8 Å². The summed E-state index contributed by atoms with van der Waals surface area (Å²) in [4.78, 5) is 6.39. The van der Waals surface area contributed by atoms with Gasteiger partial charge >= 0.3 is 0 Å². The van der Waals surface area contributed by atoms with E-state index in [-0.39, 0.29) is 5.41 Å². The number of nitrogens with zero attached hydrogens (tertiary/aromatic N) is 2. The van der Waals surface area contributed by atoms with Gasteiger partial charge in [0.1, 0.15) is 0 Å². The zero-order valence-electron chi connectivity index (χ0n) is 9.97. The standard InChI is InChI=1S/C11H22N2/c1-9(13(6)7)8-10(12-5)11(2,3)4/h8H,1-7H3/b9-8-,12-10?. The third-order valence-electron chi connectivity index (χ3n) is 2.06. The van der Waals surface area contributed by atoms with Gasteiger partial charge in [-0.2, -0.15) is 0 Å². The molecule has 0 fully saturated rings. The molecule has 76 valence electrons. The van der Waals surface area contributed by atoms with Gasteiger partial charge in [-0.25, -0.2) is 0 Å². The molecular weight excluding hydrogens is 160 g/mol. The average molecular weight is 182 g/mol. The molecular formula is C11H22N2. The number of hydrogen-bond donors (Lipinski definition) is 0. The van der Waals surface area contributed by atoms with Crippen molar-refractivity contribution in [1.29, 1.82) is 0 Å². The summed E-state index contributed by atoms with van der Waals surface area (Å²) in [6.45, 7) is 8.62. The first-order chi connectivity index (χ1) is 5.79. The summed E-state index contributed by atoms with van der Waals surface area (Å²) in [6, 6.07) is 0. The molecule has 0 N–H and O–H groups in total. The van der Waals surface area contributed by atoms with Gasteiger partial charge in [-0.05, 0) is 13.0 Å². The highest BCUT2D eigenvalue weighted by molar-refractivity contribution is 5.99. The largest absolute Gasteiger partial charge is 0.381 e. The van der Waals surface area contributed by atoms with E-state index in [0.717, 1.165) is 5.71 Å². The third kappa shape index (κ3) is 4.11. The Balaban J connectivity index is 4.77. The van der Waals surface area contributed by atoms with Gasteiger partial charge in [0, 0.05) is 38.0 Å². The molecule has 0 saturated heterocycles. The van der Waals surface area contributed by atoms with E-state index < -0.39 is 0 Å². The first-order valence-corrected chi connectivity index (χ1v) is 4.62. The average Bonchev–Trinajstić information content (AvgIpc) is 1.96. The molecule has 0 atom stereocenters. The fourth-order valence-corrected chi connectivity index (χ4v) is 0.943. The molecule has 0 rings (SSSR count). The summed E-state index contributed by atoms with van der Waals surface area (Å²) in [5, 5.41) is 0. The van der Waals surface area contributed by atoms with Crippen LogP contribution in [0, 0.1) is 5.41 Å². The Kier molecular flexibility index (Phi) is 4.18. The Morgan fingerprint density at radius 3 is 1.92 bits per heavy atom. The Labute approximate surface area is 82.4 Å². The Morgan fingerprint density at radius 1 is 1.23 bits per heavy atom. The highest BCUT2D eigenvalue weighted by atomic mass is 15.1. The summed E-state index contributed by atoms with van der Waals surface area (Å²) < 4.78 is 0. The summed E-state index contributed by atoms with van der Waals surface area (Å²) in [7, 11) is 5.93. The number of rotatable bonds is 2. The monoisotopic (exact) mass is 182 g/mol. The van der Waals surface area contributed by atoms with E-state index in [1.165, 1.54) is 5.70 Å². The lowest BCUT2D eigenvalue weighted by Crippen LogP contribution is -2.20. The van der Waals surface area contributed by atoms with Crippen LogP contribution in [0.4, 0.5) is 0 Å². The number of aliphatic imine (C=N–C) groups is 1. The van der Waals surface area contributed by atoms with Crippen LogP contribution in [0.5, 0.6) is 0 Å². The molecule has 0 heterocycles. The summed E-state index contributed by atoms with van der Waals surface area (Å²) in [5.41, 5.74) is 2.50. The molecule has 0 bridgehead atoms. The van der Waals surface area contributed by atoms with E-state index >= 15 is 0 Å². The molecule has 0 spiro atoms. The van der Waals surface area contributed by atoms with Crippen LogP contribution >= 0.6 is 0 Å². The molecule has 0 aromatic rings. The molecule has 0 aliphatic heterocycles. The maximum absolute atomic E-state index is 4.30. The molecule has 0 aliphatic carbocycles. The zero-order valence-corrected chi connectivity index (χ0v) is 9.97. The molecule has 13 heavy (non-hydrogen) atoms. The predicted octanol–water partition coefficient (Wildman–Crippen LogP) is 2.57. The lowest BCUT2D eigenvalue weighted by atomic mass is 9.89. The molecule has 0 radical (unpaired) electrons. The van der Waals surface area contributed by atoms with Gasteiger partial charge < -0.3 is 4.90 Å². The lowest BCUT2D eigenvalue weighted by molar-refractivity contribution is 0.512. The maximum atomic E-state index is 4.30. The Hall–Kier alpha value is -0.790. The van der Waals surface area contributed by atoms with E-state index in [1.807, 2.05) is 21.1 Å². The van der Waals surface area contributed by atoms with Crippen molar-refractivity contribution in [2.45, 2.75) is 27.7 Å². The molecule has 0 aromatic carbocycles. The Bertz CT molecular complexity index is 217. The normalized spacial score (nSPS) is 14.7. The fourth-order valence-electron chi connectivity index (χ4n) is 0.943. The summed E-state index contributed by atoms with van der Waals surface area (Å²) in [6.07, 6.45) is 2.14. The van der Waals surface area contributed by atoms with E-state index in [0.29, 0.717) is 0 Å². The quantitative estimate of drug-likeness (QED) is 0.599. The number of allylic oxidation sites excluding steroid dienone is 2. The van der Waals surface area contributed by atoms with Gasteiger partial charge in [-0.3, -0.25) is 4.99 Å². The van der Waals surface area contributed by atoms with Crippen LogP contribution in [-0.4, -0.2) is 31.8 Å². The highest BCUT2D eigenvalue weighted by Gasteiger charge is 2.16. The fraction of sp³-hybridized carbons (Fsp3) is 0.727. The minimum absolute atomic E-state index is 0.131. The van der Waals surface area contributed by atoms with E-state index in [4.69, 9.17) is 0 Å². The van der Waals surface area contributed by atoms with Crippen molar-refractivity contribution in [2.75, 3.05) is 21.1 Å². The van der Waals surface area contributed by atoms with Gasteiger partial charge in [0.15, 0.2) is 0 Å². The van der Waals surface area contributed by atoms with E-state index in [1.54, 1.807) is 0 Å². The second kappa shape index (κ2) is 4.45. The third-order valence-corrected chi connectivity index (χ3v) is 2.06. The van der Waals surface area contributed by atoms with Crippen molar-refractivity contribution in [2.24, 2.45) is 10.4 Å². The lowest BCUT2D eigenvalue weighted by Gasteiger charge is -2.21. The maximum Gasteiger partial charge on any atom is 0.0415 e. The first kappa shape index (κ1) is 12.2. The molecule has 0 saturated carbocycles. The zero-order chi connectivity index (χ0) is 10.6. The van der Waals surface area contributed by atoms with E-state index in [2.05, 4.69) is 43.7 Å². The highest BCUT2D eigenvalue weighted by Crippen LogP contribution is 2.18. The van der Waals surface area contributed by atoms with Gasteiger partial charge in [0.2, 0.25) is 0 Å². The van der Waals surface area contributed by atoms with Gasteiger partial charge in [0.05, 0.1) is 0 Å². The minimum atomic E-state index is 0.131. The van der Waals surface area contributed by atoms with Gasteiger partial charge in [0.25, 0.3) is 0 Å². The molecule has 0 aliphatic rings. The van der Waals surface area contributed by atoms with Gasteiger partial charge in [-0.15, -0.1) is 0 Å². The molecule has 2 heteroatoms. The van der Waals surface area contributed by atoms with Crippen LogP contribution in [0.1, 0.15) is 27.7 Å². The van der Waals surface area contributed by atoms with Crippen molar-refractivity contribution in [3.8, 4) is 0 Å². The smallest absolute Gasteiger partial charge is 0.0415 e. The van der Waals surface area contributed by atoms with E-state index in [9.17, 15) is 0 Å². The molecule has 0 unspecified atom stereocenters. The van der Waals surface area contributed by atoms with Crippen molar-refractivity contribution in [3.05, 3.63) is 11.8 Å². The molecule has 0 amide bonds. The topological polar surface area (TPSA) is 15.6 Å². The second-order valence-corrected chi connectivity index (χ2v) is 4.54. The predicted molar refractivity (Wildman–Crippen MR) is 60.3 cm³/mol. The molecule has 2 nitrogen and oxygen atoms in total. The van der Waals surface area contributed by atoms with Crippen LogP contribution < -0.4 is 0 Å². The van der Waals surface area contributed by atoms with Crippen molar-refractivity contribution >= 4 is 5.71 Å². The van der Waals surface area contributed by atoms with Crippen LogP contribution in [0.25, 0.3) is 0 Å². The van der Waals surface area contributed by atoms with Crippen LogP contribution in [0.15, 0.2) is 16.8 Å². The number of hydrogen-bond acceptors (Lipinski definition) is 2. The Morgan fingerprint density at radius 2 is 1.69 bits per heavy atom. The summed E-state index contributed by atoms with van der Waals surface area (Å²) >= 11 is 0. The van der Waals surface area contributed by atoms with Crippen molar-refractivity contribution in [1.82, 2.24) is 4.90 Å². The SMILES string of the molecule is CN=C(/C=C(/C)N(C)C)C(C)(C)C. The minimum Gasteiger partial charge on any atom is -0.381 e. The van der Waals surface area contributed by atoms with Crippen LogP contribution in [0.2, 0.25) is 0 Å².